The fourth-order valence-corrected chi connectivity index (χ4v) is 4.77. The molecule has 0 saturated carbocycles. The summed E-state index contributed by atoms with van der Waals surface area (Å²) in [6.07, 6.45) is 2.81. The minimum Gasteiger partial charge on any atom is -0.466 e. The summed E-state index contributed by atoms with van der Waals surface area (Å²) in [4.78, 5) is 30.4. The molecule has 4 rings (SSSR count). The van der Waals surface area contributed by atoms with Gasteiger partial charge in [-0.3, -0.25) is 14.0 Å². The van der Waals surface area contributed by atoms with Gasteiger partial charge < -0.3 is 4.74 Å². The molecule has 1 aromatic carbocycles. The number of nitrogens with zero attached hydrogens (tertiary/aromatic N) is 2. The van der Waals surface area contributed by atoms with Crippen LogP contribution in [0.3, 0.4) is 0 Å². The normalized spacial score (nSPS) is 11.2. The van der Waals surface area contributed by atoms with Gasteiger partial charge in [0.25, 0.3) is 0 Å². The van der Waals surface area contributed by atoms with Gasteiger partial charge in [-0.25, -0.2) is 4.98 Å². The van der Waals surface area contributed by atoms with Gasteiger partial charge in [0.05, 0.1) is 17.9 Å². The van der Waals surface area contributed by atoms with Crippen molar-refractivity contribution in [3.63, 3.8) is 0 Å². The Morgan fingerprint density at radius 2 is 2.16 bits per heavy atom. The summed E-state index contributed by atoms with van der Waals surface area (Å²) in [5, 5.41) is 1.14. The first-order valence-electron chi connectivity index (χ1n) is 7.80. The zero-order chi connectivity index (χ0) is 17.4. The van der Waals surface area contributed by atoms with Gasteiger partial charge in [0.2, 0.25) is 0 Å². The molecule has 4 aromatic rings. The minimum absolute atomic E-state index is 0.193. The lowest BCUT2D eigenvalue weighted by atomic mass is 10.2. The number of carbonyl (C=O) groups excluding carboxylic acids is 2. The first kappa shape index (κ1) is 16.0. The van der Waals surface area contributed by atoms with Crippen LogP contribution in [-0.4, -0.2) is 28.2 Å². The van der Waals surface area contributed by atoms with Gasteiger partial charge in [0, 0.05) is 15.8 Å². The highest BCUT2D eigenvalue weighted by molar-refractivity contribution is 7.22. The number of thiophene rings is 1. The maximum Gasteiger partial charge on any atom is 0.311 e. The van der Waals surface area contributed by atoms with Gasteiger partial charge in [0.15, 0.2) is 11.2 Å². The highest BCUT2D eigenvalue weighted by atomic mass is 32.1. The smallest absolute Gasteiger partial charge is 0.311 e. The van der Waals surface area contributed by atoms with Crippen LogP contribution in [0.4, 0.5) is 0 Å². The Morgan fingerprint density at radius 3 is 2.92 bits per heavy atom. The molecule has 7 heteroatoms. The Bertz CT molecular complexity index is 1060. The van der Waals surface area contributed by atoms with Crippen LogP contribution in [0.2, 0.25) is 0 Å². The Kier molecular flexibility index (Phi) is 4.10. The second-order valence-corrected chi connectivity index (χ2v) is 7.62. The van der Waals surface area contributed by atoms with E-state index in [9.17, 15) is 9.59 Å². The number of hydrogen-bond acceptors (Lipinski definition) is 6. The van der Waals surface area contributed by atoms with Crippen molar-refractivity contribution in [3.8, 4) is 10.6 Å². The highest BCUT2D eigenvalue weighted by Gasteiger charge is 2.19. The van der Waals surface area contributed by atoms with Crippen LogP contribution in [0.15, 0.2) is 36.5 Å². The van der Waals surface area contributed by atoms with Gasteiger partial charge in [-0.05, 0) is 24.4 Å². The number of ether oxygens (including phenoxy) is 1. The van der Waals surface area contributed by atoms with E-state index in [2.05, 4.69) is 17.1 Å². The third-order valence-corrected chi connectivity index (χ3v) is 5.91. The molecule has 3 heterocycles. The Morgan fingerprint density at radius 1 is 1.32 bits per heavy atom. The summed E-state index contributed by atoms with van der Waals surface area (Å²) in [6, 6.07) is 10.1. The Balaban J connectivity index is 1.76. The van der Waals surface area contributed by atoms with Crippen LogP contribution in [0.5, 0.6) is 0 Å². The van der Waals surface area contributed by atoms with Crippen molar-refractivity contribution in [2.24, 2.45) is 0 Å². The zero-order valence-electron chi connectivity index (χ0n) is 13.4. The van der Waals surface area contributed by atoms with Crippen molar-refractivity contribution < 1.29 is 14.3 Å². The number of rotatable bonds is 5. The largest absolute Gasteiger partial charge is 0.466 e. The Labute approximate surface area is 151 Å². The summed E-state index contributed by atoms with van der Waals surface area (Å²) < 4.78 is 7.89. The quantitative estimate of drug-likeness (QED) is 0.390. The number of aldehydes is 1. The van der Waals surface area contributed by atoms with Crippen molar-refractivity contribution >= 4 is 50.0 Å². The van der Waals surface area contributed by atoms with Gasteiger partial charge in [-0.15, -0.1) is 22.7 Å². The predicted molar refractivity (Wildman–Crippen MR) is 99.6 cm³/mol. The lowest BCUT2D eigenvalue weighted by molar-refractivity contribution is -0.142. The molecule has 25 heavy (non-hydrogen) atoms. The molecular weight excluding hydrogens is 356 g/mol. The van der Waals surface area contributed by atoms with Gasteiger partial charge in [-0.1, -0.05) is 18.2 Å². The maximum absolute atomic E-state index is 11.7. The van der Waals surface area contributed by atoms with E-state index in [1.807, 2.05) is 18.2 Å². The summed E-state index contributed by atoms with van der Waals surface area (Å²) in [5.74, 6) is -0.274. The van der Waals surface area contributed by atoms with Crippen molar-refractivity contribution in [1.82, 2.24) is 9.38 Å². The predicted octanol–water partition coefficient (Wildman–Crippen LogP) is 4.20. The van der Waals surface area contributed by atoms with E-state index in [-0.39, 0.29) is 12.4 Å². The summed E-state index contributed by atoms with van der Waals surface area (Å²) in [7, 11) is 0. The second-order valence-electron chi connectivity index (χ2n) is 5.44. The summed E-state index contributed by atoms with van der Waals surface area (Å²) >= 11 is 3.02. The van der Waals surface area contributed by atoms with Crippen molar-refractivity contribution in [2.45, 2.75) is 13.3 Å². The highest BCUT2D eigenvalue weighted by Crippen LogP contribution is 2.35. The third-order valence-electron chi connectivity index (χ3n) is 3.81. The number of fused-ring (bicyclic) bond motifs is 2. The second kappa shape index (κ2) is 6.42. The van der Waals surface area contributed by atoms with Crippen LogP contribution in [0.1, 0.15) is 22.3 Å². The number of hydrogen-bond donors (Lipinski definition) is 0. The van der Waals surface area contributed by atoms with E-state index < -0.39 is 0 Å². The summed E-state index contributed by atoms with van der Waals surface area (Å²) in [5.41, 5.74) is 1.19. The lowest BCUT2D eigenvalue weighted by Crippen LogP contribution is -2.06. The molecule has 0 aliphatic heterocycles. The van der Waals surface area contributed by atoms with Crippen molar-refractivity contribution in [3.05, 3.63) is 47.1 Å². The van der Waals surface area contributed by atoms with Crippen LogP contribution >= 0.6 is 22.7 Å². The first-order valence-corrected chi connectivity index (χ1v) is 9.43. The monoisotopic (exact) mass is 370 g/mol. The van der Waals surface area contributed by atoms with Crippen LogP contribution in [0.25, 0.3) is 25.6 Å². The van der Waals surface area contributed by atoms with Gasteiger partial charge in [0.1, 0.15) is 11.4 Å². The fourth-order valence-electron chi connectivity index (χ4n) is 2.74. The number of thiazole rings is 1. The number of benzene rings is 1. The molecule has 0 unspecified atom stereocenters. The molecule has 0 N–H and O–H groups in total. The molecule has 0 saturated heterocycles. The number of imidazole rings is 1. The third kappa shape index (κ3) is 2.85. The molecule has 0 radical (unpaired) electrons. The molecule has 0 aliphatic carbocycles. The van der Waals surface area contributed by atoms with Crippen molar-refractivity contribution in [1.29, 1.82) is 0 Å². The minimum atomic E-state index is -0.274. The van der Waals surface area contributed by atoms with Gasteiger partial charge >= 0.3 is 5.97 Å². The van der Waals surface area contributed by atoms with E-state index in [0.717, 1.165) is 26.1 Å². The average Bonchev–Trinajstić information content (AvgIpc) is 3.25. The fraction of sp³-hybridized carbons (Fsp3) is 0.167. The maximum atomic E-state index is 11.7. The molecule has 5 nitrogen and oxygen atoms in total. The van der Waals surface area contributed by atoms with Gasteiger partial charge in [-0.2, -0.15) is 0 Å². The van der Waals surface area contributed by atoms with Crippen molar-refractivity contribution in [2.75, 3.05) is 6.61 Å². The molecule has 126 valence electrons. The molecule has 0 atom stereocenters. The lowest BCUT2D eigenvalue weighted by Gasteiger charge is -1.98. The molecule has 0 fully saturated rings. The van der Waals surface area contributed by atoms with Crippen LogP contribution < -0.4 is 0 Å². The standard InChI is InChI=1S/C18H14N2O3S2/c1-2-23-16(22)8-12-9-20-13(10-21)17(19-18(20)24-12)15-7-11-5-3-4-6-14(11)25-15/h3-7,9-10H,2,8H2,1H3. The molecule has 0 bridgehead atoms. The molecule has 0 aliphatic rings. The van der Waals surface area contributed by atoms with E-state index in [4.69, 9.17) is 4.74 Å². The SMILES string of the molecule is CCOC(=O)Cc1cn2c(C=O)c(-c3cc4ccccc4s3)nc2s1. The molecule has 0 spiro atoms. The molecular formula is C18H14N2O3S2. The molecule has 0 amide bonds. The van der Waals surface area contributed by atoms with Crippen LogP contribution in [-0.2, 0) is 16.0 Å². The van der Waals surface area contributed by atoms with Crippen LogP contribution in [0, 0.1) is 0 Å². The molecule has 3 aromatic heterocycles. The van der Waals surface area contributed by atoms with E-state index in [1.165, 1.54) is 11.3 Å². The number of aromatic nitrogens is 2. The van der Waals surface area contributed by atoms with E-state index >= 15 is 0 Å². The average molecular weight is 370 g/mol. The zero-order valence-corrected chi connectivity index (χ0v) is 15.0. The Hall–Kier alpha value is -2.51. The summed E-state index contributed by atoms with van der Waals surface area (Å²) in [6.45, 7) is 2.14. The van der Waals surface area contributed by atoms with E-state index in [0.29, 0.717) is 23.0 Å². The topological polar surface area (TPSA) is 60.7 Å². The number of carbonyl (C=O) groups is 2. The van der Waals surface area contributed by atoms with E-state index in [1.54, 1.807) is 28.9 Å². The first-order chi connectivity index (χ1) is 12.2. The number of esters is 1.